The molecule has 6 heteroatoms. The average molecular weight is 231 g/mol. The molecule has 0 heterocycles. The van der Waals surface area contributed by atoms with Crippen LogP contribution in [0.5, 0.6) is 0 Å². The average Bonchev–Trinajstić information content (AvgIpc) is 2.18. The van der Waals surface area contributed by atoms with Gasteiger partial charge < -0.3 is 10.5 Å². The number of hydrogen-bond donors (Lipinski definition) is 1. The number of para-hydroxylation sites is 1. The molecule has 0 aliphatic rings. The van der Waals surface area contributed by atoms with Crippen molar-refractivity contribution in [3.8, 4) is 0 Å². The van der Waals surface area contributed by atoms with Crippen LogP contribution in [0.2, 0.25) is 0 Å². The van der Waals surface area contributed by atoms with E-state index < -0.39 is 10.1 Å². The summed E-state index contributed by atoms with van der Waals surface area (Å²) in [7, 11) is -2.30. The van der Waals surface area contributed by atoms with Crippen LogP contribution in [0.3, 0.4) is 0 Å². The molecule has 5 nitrogen and oxygen atoms in total. The van der Waals surface area contributed by atoms with E-state index in [1.165, 1.54) is 19.2 Å². The van der Waals surface area contributed by atoms with E-state index in [-0.39, 0.29) is 23.8 Å². The highest BCUT2D eigenvalue weighted by molar-refractivity contribution is 7.87. The second kappa shape index (κ2) is 5.11. The first-order valence-electron chi connectivity index (χ1n) is 4.31. The minimum atomic E-state index is -3.77. The number of ether oxygens (including phenoxy) is 1. The van der Waals surface area contributed by atoms with Crippen molar-refractivity contribution in [3.63, 3.8) is 0 Å². The lowest BCUT2D eigenvalue weighted by Crippen LogP contribution is -2.12. The summed E-state index contributed by atoms with van der Waals surface area (Å²) in [6.45, 7) is 0.194. The van der Waals surface area contributed by atoms with E-state index in [2.05, 4.69) is 4.74 Å². The van der Waals surface area contributed by atoms with Crippen LogP contribution < -0.4 is 5.73 Å². The lowest BCUT2D eigenvalue weighted by atomic mass is 10.3. The Labute approximate surface area is 88.9 Å². The normalized spacial score (nSPS) is 11.5. The predicted octanol–water partition coefficient (Wildman–Crippen LogP) is 0.621. The molecule has 0 saturated heterocycles. The first-order valence-corrected chi connectivity index (χ1v) is 5.71. The van der Waals surface area contributed by atoms with E-state index in [1.807, 2.05) is 0 Å². The van der Waals surface area contributed by atoms with Gasteiger partial charge in [0.05, 0.1) is 18.9 Å². The fraction of sp³-hybridized carbons (Fsp3) is 0.333. The Morgan fingerprint density at radius 3 is 2.53 bits per heavy atom. The summed E-state index contributed by atoms with van der Waals surface area (Å²) in [5.41, 5.74) is 5.70. The Hall–Kier alpha value is -1.11. The maximum Gasteiger partial charge on any atom is 0.299 e. The van der Waals surface area contributed by atoms with Gasteiger partial charge in [0.25, 0.3) is 10.1 Å². The molecule has 0 unspecified atom stereocenters. The van der Waals surface area contributed by atoms with Gasteiger partial charge in [0.2, 0.25) is 0 Å². The number of methoxy groups -OCH3 is 1. The van der Waals surface area contributed by atoms with Gasteiger partial charge in [0, 0.05) is 7.11 Å². The van der Waals surface area contributed by atoms with Crippen LogP contribution in [0.25, 0.3) is 0 Å². The van der Waals surface area contributed by atoms with Crippen molar-refractivity contribution in [1.29, 1.82) is 0 Å². The number of rotatable bonds is 5. The van der Waals surface area contributed by atoms with E-state index in [0.29, 0.717) is 0 Å². The first kappa shape index (κ1) is 12.0. The third kappa shape index (κ3) is 3.19. The van der Waals surface area contributed by atoms with Gasteiger partial charge in [-0.3, -0.25) is 4.18 Å². The summed E-state index contributed by atoms with van der Waals surface area (Å²) in [6, 6.07) is 6.15. The SMILES string of the molecule is COCCOS(=O)(=O)c1ccccc1N. The molecule has 0 aliphatic carbocycles. The van der Waals surface area contributed by atoms with Gasteiger partial charge >= 0.3 is 0 Å². The molecule has 0 fully saturated rings. The maximum atomic E-state index is 11.6. The Kier molecular flexibility index (Phi) is 4.07. The quantitative estimate of drug-likeness (QED) is 0.456. The molecule has 0 aliphatic heterocycles. The van der Waals surface area contributed by atoms with Gasteiger partial charge in [-0.25, -0.2) is 0 Å². The molecule has 0 amide bonds. The second-order valence-corrected chi connectivity index (χ2v) is 4.39. The second-order valence-electron chi connectivity index (χ2n) is 2.81. The van der Waals surface area contributed by atoms with Crippen molar-refractivity contribution >= 4 is 15.8 Å². The molecular formula is C9H13NO4S. The lowest BCUT2D eigenvalue weighted by Gasteiger charge is -2.06. The Balaban J connectivity index is 2.83. The predicted molar refractivity (Wildman–Crippen MR) is 55.9 cm³/mol. The molecular weight excluding hydrogens is 218 g/mol. The molecule has 2 N–H and O–H groups in total. The minimum absolute atomic E-state index is 0.0129. The summed E-state index contributed by atoms with van der Waals surface area (Å²) in [4.78, 5) is -0.0129. The zero-order valence-electron chi connectivity index (χ0n) is 8.34. The number of hydrogen-bond acceptors (Lipinski definition) is 5. The van der Waals surface area contributed by atoms with Crippen molar-refractivity contribution in [1.82, 2.24) is 0 Å². The summed E-state index contributed by atoms with van der Waals surface area (Å²) >= 11 is 0. The van der Waals surface area contributed by atoms with Gasteiger partial charge in [-0.05, 0) is 12.1 Å². The van der Waals surface area contributed by atoms with Gasteiger partial charge in [0.15, 0.2) is 0 Å². The third-order valence-electron chi connectivity index (χ3n) is 1.71. The van der Waals surface area contributed by atoms with Crippen LogP contribution in [-0.4, -0.2) is 28.7 Å². The van der Waals surface area contributed by atoms with Crippen molar-refractivity contribution < 1.29 is 17.3 Å². The highest BCUT2D eigenvalue weighted by atomic mass is 32.2. The van der Waals surface area contributed by atoms with Gasteiger partial charge in [0.1, 0.15) is 4.90 Å². The summed E-state index contributed by atoms with van der Waals surface area (Å²) < 4.78 is 32.5. The maximum absolute atomic E-state index is 11.6. The van der Waals surface area contributed by atoms with Crippen LogP contribution in [0.4, 0.5) is 5.69 Å². The summed E-state index contributed by atoms with van der Waals surface area (Å²) in [6.07, 6.45) is 0. The monoisotopic (exact) mass is 231 g/mol. The van der Waals surface area contributed by atoms with Crippen molar-refractivity contribution in [2.24, 2.45) is 0 Å². The molecule has 0 radical (unpaired) electrons. The lowest BCUT2D eigenvalue weighted by molar-refractivity contribution is 0.149. The zero-order valence-corrected chi connectivity index (χ0v) is 9.16. The Morgan fingerprint density at radius 1 is 1.27 bits per heavy atom. The minimum Gasteiger partial charge on any atom is -0.398 e. The zero-order chi connectivity index (χ0) is 11.3. The highest BCUT2D eigenvalue weighted by Crippen LogP contribution is 2.19. The van der Waals surface area contributed by atoms with E-state index in [1.54, 1.807) is 12.1 Å². The van der Waals surface area contributed by atoms with Crippen LogP contribution in [-0.2, 0) is 19.0 Å². The standard InChI is InChI=1S/C9H13NO4S/c1-13-6-7-14-15(11,12)9-5-3-2-4-8(9)10/h2-5H,6-7,10H2,1H3. The van der Waals surface area contributed by atoms with Crippen LogP contribution in [0, 0.1) is 0 Å². The van der Waals surface area contributed by atoms with Crippen molar-refractivity contribution in [3.05, 3.63) is 24.3 Å². The largest absolute Gasteiger partial charge is 0.398 e. The van der Waals surface area contributed by atoms with E-state index >= 15 is 0 Å². The van der Waals surface area contributed by atoms with Crippen molar-refractivity contribution in [2.75, 3.05) is 26.1 Å². The molecule has 0 spiro atoms. The van der Waals surface area contributed by atoms with E-state index in [4.69, 9.17) is 9.92 Å². The fourth-order valence-electron chi connectivity index (χ4n) is 0.999. The van der Waals surface area contributed by atoms with Crippen LogP contribution in [0.1, 0.15) is 0 Å². The molecule has 0 saturated carbocycles. The molecule has 1 aromatic carbocycles. The Morgan fingerprint density at radius 2 is 1.93 bits per heavy atom. The van der Waals surface area contributed by atoms with E-state index in [9.17, 15) is 8.42 Å². The molecule has 1 rings (SSSR count). The van der Waals surface area contributed by atoms with Crippen molar-refractivity contribution in [2.45, 2.75) is 4.90 Å². The molecule has 15 heavy (non-hydrogen) atoms. The number of nitrogens with two attached hydrogens (primary N) is 1. The van der Waals surface area contributed by atoms with Crippen LogP contribution >= 0.6 is 0 Å². The van der Waals surface area contributed by atoms with Crippen LogP contribution in [0.15, 0.2) is 29.2 Å². The summed E-state index contributed by atoms with van der Waals surface area (Å²) in [5, 5.41) is 0. The highest BCUT2D eigenvalue weighted by Gasteiger charge is 2.17. The molecule has 84 valence electrons. The van der Waals surface area contributed by atoms with Gasteiger partial charge in [-0.2, -0.15) is 8.42 Å². The smallest absolute Gasteiger partial charge is 0.299 e. The first-order chi connectivity index (χ1) is 7.08. The molecule has 1 aromatic rings. The molecule has 0 atom stereocenters. The van der Waals surface area contributed by atoms with Gasteiger partial charge in [-0.1, -0.05) is 12.1 Å². The fourth-order valence-corrected chi connectivity index (χ4v) is 2.02. The molecule has 0 aromatic heterocycles. The topological polar surface area (TPSA) is 78.6 Å². The molecule has 0 bridgehead atoms. The number of benzene rings is 1. The third-order valence-corrected chi connectivity index (χ3v) is 3.10. The van der Waals surface area contributed by atoms with Gasteiger partial charge in [-0.15, -0.1) is 0 Å². The van der Waals surface area contributed by atoms with E-state index in [0.717, 1.165) is 0 Å². The number of anilines is 1. The Bertz CT molecular complexity index is 416. The summed E-state index contributed by atoms with van der Waals surface area (Å²) in [5.74, 6) is 0. The number of nitrogen functional groups attached to an aromatic ring is 1.